The van der Waals surface area contributed by atoms with Gasteiger partial charge in [0, 0.05) is 16.8 Å². The number of anilines is 1. The predicted octanol–water partition coefficient (Wildman–Crippen LogP) is 2.39. The maximum Gasteiger partial charge on any atom is 0.415 e. The number of imide groups is 1. The van der Waals surface area contributed by atoms with E-state index in [-0.39, 0.29) is 5.91 Å². The summed E-state index contributed by atoms with van der Waals surface area (Å²) in [5, 5.41) is 4.68. The van der Waals surface area contributed by atoms with Gasteiger partial charge in [-0.1, -0.05) is 12.1 Å². The fourth-order valence-corrected chi connectivity index (χ4v) is 2.12. The van der Waals surface area contributed by atoms with Gasteiger partial charge in [0.25, 0.3) is 11.8 Å². The van der Waals surface area contributed by atoms with Gasteiger partial charge in [-0.15, -0.1) is 0 Å². The minimum Gasteiger partial charge on any atom is -0.431 e. The number of amides is 3. The number of halogens is 1. The molecule has 23 heavy (non-hydrogen) atoms. The van der Waals surface area contributed by atoms with E-state index in [1.165, 1.54) is 24.3 Å². The number of hydrogen-bond donors (Lipinski definition) is 2. The van der Waals surface area contributed by atoms with Crippen LogP contribution in [-0.4, -0.2) is 17.9 Å². The maximum atomic E-state index is 12.8. The highest BCUT2D eigenvalue weighted by Gasteiger charge is 2.33. The first-order chi connectivity index (χ1) is 11.0. The van der Waals surface area contributed by atoms with Crippen molar-refractivity contribution < 1.29 is 23.5 Å². The van der Waals surface area contributed by atoms with Crippen LogP contribution in [0.5, 0.6) is 0 Å². The second-order valence-electron chi connectivity index (χ2n) is 4.86. The van der Waals surface area contributed by atoms with E-state index in [1.54, 1.807) is 24.3 Å². The first-order valence-electron chi connectivity index (χ1n) is 6.71. The van der Waals surface area contributed by atoms with Gasteiger partial charge in [-0.2, -0.15) is 0 Å². The van der Waals surface area contributed by atoms with E-state index in [9.17, 15) is 18.8 Å². The molecule has 0 radical (unpaired) electrons. The van der Waals surface area contributed by atoms with E-state index >= 15 is 0 Å². The Kier molecular flexibility index (Phi) is 3.76. The minimum atomic E-state index is -0.982. The predicted molar refractivity (Wildman–Crippen MR) is 78.2 cm³/mol. The topological polar surface area (TPSA) is 84.5 Å². The summed E-state index contributed by atoms with van der Waals surface area (Å²) < 4.78 is 17.7. The van der Waals surface area contributed by atoms with Crippen LogP contribution in [-0.2, 0) is 9.53 Å². The average molecular weight is 314 g/mol. The summed E-state index contributed by atoms with van der Waals surface area (Å²) in [7, 11) is 0. The normalized spacial score (nSPS) is 16.7. The SMILES string of the molecule is O=C1NC(=O)C(c2ccc(NC(=O)c3ccc(F)cc3)cc2)O1. The highest BCUT2D eigenvalue weighted by molar-refractivity contribution is 6.04. The maximum absolute atomic E-state index is 12.8. The van der Waals surface area contributed by atoms with Crippen molar-refractivity contribution in [1.82, 2.24) is 5.32 Å². The fourth-order valence-electron chi connectivity index (χ4n) is 2.12. The average Bonchev–Trinajstić information content (AvgIpc) is 2.87. The molecule has 0 aromatic heterocycles. The van der Waals surface area contributed by atoms with E-state index in [2.05, 4.69) is 5.32 Å². The summed E-state index contributed by atoms with van der Waals surface area (Å²) in [6, 6.07) is 11.5. The Bertz CT molecular complexity index is 772. The Balaban J connectivity index is 1.70. The van der Waals surface area contributed by atoms with Crippen LogP contribution >= 0.6 is 0 Å². The van der Waals surface area contributed by atoms with Gasteiger partial charge in [0.15, 0.2) is 0 Å². The highest BCUT2D eigenvalue weighted by Crippen LogP contribution is 2.23. The molecule has 0 spiro atoms. The second-order valence-corrected chi connectivity index (χ2v) is 4.86. The summed E-state index contributed by atoms with van der Waals surface area (Å²) in [5.74, 6) is -1.34. The van der Waals surface area contributed by atoms with E-state index in [1.807, 2.05) is 5.32 Å². The zero-order chi connectivity index (χ0) is 16.4. The highest BCUT2D eigenvalue weighted by atomic mass is 19.1. The van der Waals surface area contributed by atoms with Gasteiger partial charge in [0.05, 0.1) is 0 Å². The Hall–Kier alpha value is -3.22. The molecular formula is C16H11FN2O4. The number of carbonyl (C=O) groups is 3. The standard InChI is InChI=1S/C16H11FN2O4/c17-11-5-1-10(2-6-11)14(20)18-12-7-3-9(4-8-12)13-15(21)19-16(22)23-13/h1-8,13H,(H,18,20)(H,19,21,22). The fraction of sp³-hybridized carbons (Fsp3) is 0.0625. The van der Waals surface area contributed by atoms with Gasteiger partial charge in [-0.25, -0.2) is 9.18 Å². The molecule has 2 N–H and O–H groups in total. The number of carbonyl (C=O) groups excluding carboxylic acids is 3. The molecule has 1 aliphatic heterocycles. The number of nitrogens with one attached hydrogen (secondary N) is 2. The Morgan fingerprint density at radius 3 is 2.26 bits per heavy atom. The van der Waals surface area contributed by atoms with E-state index in [0.29, 0.717) is 16.8 Å². The molecule has 0 aliphatic carbocycles. The molecule has 1 atom stereocenters. The molecule has 0 bridgehead atoms. The van der Waals surface area contributed by atoms with Crippen LogP contribution in [0.2, 0.25) is 0 Å². The van der Waals surface area contributed by atoms with Crippen molar-refractivity contribution in [3.8, 4) is 0 Å². The molecule has 6 nitrogen and oxygen atoms in total. The lowest BCUT2D eigenvalue weighted by atomic mass is 10.1. The molecule has 1 heterocycles. The van der Waals surface area contributed by atoms with Gasteiger partial charge in [-0.05, 0) is 36.4 Å². The van der Waals surface area contributed by atoms with Gasteiger partial charge in [0.1, 0.15) is 5.82 Å². The van der Waals surface area contributed by atoms with Crippen LogP contribution in [0.4, 0.5) is 14.9 Å². The van der Waals surface area contributed by atoms with Crippen molar-refractivity contribution in [3.63, 3.8) is 0 Å². The Morgan fingerprint density at radius 1 is 1.04 bits per heavy atom. The lowest BCUT2D eigenvalue weighted by molar-refractivity contribution is -0.123. The number of rotatable bonds is 3. The van der Waals surface area contributed by atoms with E-state index < -0.39 is 23.9 Å². The zero-order valence-electron chi connectivity index (χ0n) is 11.7. The van der Waals surface area contributed by atoms with Crippen molar-refractivity contribution >= 4 is 23.6 Å². The van der Waals surface area contributed by atoms with Crippen molar-refractivity contribution in [1.29, 1.82) is 0 Å². The quantitative estimate of drug-likeness (QED) is 0.911. The number of hydrogen-bond acceptors (Lipinski definition) is 4. The summed E-state index contributed by atoms with van der Waals surface area (Å²) in [4.78, 5) is 34.5. The summed E-state index contributed by atoms with van der Waals surface area (Å²) >= 11 is 0. The number of ether oxygens (including phenoxy) is 1. The Morgan fingerprint density at radius 2 is 1.70 bits per heavy atom. The number of cyclic esters (lactones) is 1. The minimum absolute atomic E-state index is 0.319. The van der Waals surface area contributed by atoms with Crippen molar-refractivity contribution in [2.24, 2.45) is 0 Å². The molecule has 2 aromatic carbocycles. The monoisotopic (exact) mass is 314 g/mol. The van der Waals surface area contributed by atoms with Crippen molar-refractivity contribution in [3.05, 3.63) is 65.5 Å². The second kappa shape index (κ2) is 5.88. The van der Waals surface area contributed by atoms with E-state index in [4.69, 9.17) is 4.74 Å². The molecule has 3 amide bonds. The molecule has 0 saturated carbocycles. The smallest absolute Gasteiger partial charge is 0.415 e. The van der Waals surface area contributed by atoms with Gasteiger partial charge in [0.2, 0.25) is 6.10 Å². The summed E-state index contributed by atoms with van der Waals surface area (Å²) in [5.41, 5.74) is 1.31. The lowest BCUT2D eigenvalue weighted by Gasteiger charge is -2.09. The van der Waals surface area contributed by atoms with Crippen LogP contribution in [0.1, 0.15) is 22.0 Å². The molecule has 7 heteroatoms. The van der Waals surface area contributed by atoms with Crippen molar-refractivity contribution in [2.45, 2.75) is 6.10 Å². The van der Waals surface area contributed by atoms with E-state index in [0.717, 1.165) is 0 Å². The molecule has 1 aliphatic rings. The van der Waals surface area contributed by atoms with Crippen LogP contribution in [0.25, 0.3) is 0 Å². The molecule has 1 saturated heterocycles. The van der Waals surface area contributed by atoms with Crippen LogP contribution in [0.15, 0.2) is 48.5 Å². The van der Waals surface area contributed by atoms with Crippen molar-refractivity contribution in [2.75, 3.05) is 5.32 Å². The van der Waals surface area contributed by atoms with Gasteiger partial charge >= 0.3 is 6.09 Å². The third kappa shape index (κ3) is 3.18. The van der Waals surface area contributed by atoms with Gasteiger partial charge in [-0.3, -0.25) is 14.9 Å². The molecule has 3 rings (SSSR count). The molecule has 1 fully saturated rings. The molecular weight excluding hydrogens is 303 g/mol. The van der Waals surface area contributed by atoms with Crippen LogP contribution in [0.3, 0.4) is 0 Å². The third-order valence-electron chi connectivity index (χ3n) is 3.27. The first-order valence-corrected chi connectivity index (χ1v) is 6.71. The van der Waals surface area contributed by atoms with Gasteiger partial charge < -0.3 is 10.1 Å². The largest absolute Gasteiger partial charge is 0.431 e. The number of alkyl carbamates (subject to hydrolysis) is 1. The number of benzene rings is 2. The zero-order valence-corrected chi connectivity index (χ0v) is 11.7. The summed E-state index contributed by atoms with van der Waals surface area (Å²) in [6.45, 7) is 0. The molecule has 2 aromatic rings. The molecule has 1 unspecified atom stereocenters. The third-order valence-corrected chi connectivity index (χ3v) is 3.27. The lowest BCUT2D eigenvalue weighted by Crippen LogP contribution is -2.20. The van der Waals surface area contributed by atoms with Crippen LogP contribution in [0, 0.1) is 5.82 Å². The van der Waals surface area contributed by atoms with Crippen LogP contribution < -0.4 is 10.6 Å². The first kappa shape index (κ1) is 14.7. The summed E-state index contributed by atoms with van der Waals surface area (Å²) in [6.07, 6.45) is -1.77. The Labute approximate surface area is 130 Å². The molecule has 116 valence electrons.